The van der Waals surface area contributed by atoms with E-state index in [4.69, 9.17) is 0 Å². The highest BCUT2D eigenvalue weighted by molar-refractivity contribution is 7.11. The van der Waals surface area contributed by atoms with Gasteiger partial charge in [0.2, 0.25) is 0 Å². The molecule has 1 aromatic rings. The van der Waals surface area contributed by atoms with Crippen LogP contribution in [0, 0.1) is 13.8 Å². The summed E-state index contributed by atoms with van der Waals surface area (Å²) in [4.78, 5) is 5.76. The molecule has 0 spiro atoms. The van der Waals surface area contributed by atoms with Gasteiger partial charge in [-0.2, -0.15) is 0 Å². The van der Waals surface area contributed by atoms with Crippen LogP contribution < -0.4 is 0 Å². The lowest BCUT2D eigenvalue weighted by Gasteiger charge is -1.88. The van der Waals surface area contributed by atoms with Gasteiger partial charge in [-0.05, 0) is 20.8 Å². The first kappa shape index (κ1) is 16.8. The number of hydrogen-bond donors (Lipinski definition) is 0. The Morgan fingerprint density at radius 2 is 1.67 bits per heavy atom. The zero-order valence-corrected chi connectivity index (χ0v) is 12.0. The molecule has 0 atom stereocenters. The Morgan fingerprint density at radius 1 is 1.13 bits per heavy atom. The summed E-state index contributed by atoms with van der Waals surface area (Å²) < 4.78 is 0. The van der Waals surface area contributed by atoms with Crippen molar-refractivity contribution in [1.29, 1.82) is 0 Å². The van der Waals surface area contributed by atoms with Crippen LogP contribution in [-0.4, -0.2) is 4.98 Å². The molecule has 0 amide bonds. The van der Waals surface area contributed by atoms with Crippen molar-refractivity contribution >= 4 is 11.3 Å². The summed E-state index contributed by atoms with van der Waals surface area (Å²) >= 11 is 1.77. The van der Waals surface area contributed by atoms with E-state index in [-0.39, 0.29) is 0 Å². The minimum Gasteiger partial charge on any atom is -0.246 e. The molecule has 0 N–H and O–H groups in total. The molecule has 0 aliphatic heterocycles. The Kier molecular flexibility index (Phi) is 12.8. The number of thiazole rings is 1. The predicted molar refractivity (Wildman–Crippen MR) is 72.8 cm³/mol. The minimum atomic E-state index is 0.979. The first-order valence-corrected chi connectivity index (χ1v) is 6.59. The van der Waals surface area contributed by atoms with Gasteiger partial charge in [0.15, 0.2) is 0 Å². The number of aromatic nitrogens is 1. The molecular weight excluding hydrogens is 202 g/mol. The smallest absolute Gasteiger partial charge is 0.0900 e. The van der Waals surface area contributed by atoms with Crippen molar-refractivity contribution in [3.05, 3.63) is 27.7 Å². The van der Waals surface area contributed by atoms with E-state index in [0.717, 1.165) is 6.42 Å². The zero-order valence-electron chi connectivity index (χ0n) is 11.2. The fourth-order valence-electron chi connectivity index (χ4n) is 0.991. The van der Waals surface area contributed by atoms with Crippen LogP contribution in [0.4, 0.5) is 0 Å². The lowest BCUT2D eigenvalue weighted by Crippen LogP contribution is -1.83. The van der Waals surface area contributed by atoms with Gasteiger partial charge in [0.05, 0.1) is 10.7 Å². The minimum absolute atomic E-state index is 0.979. The summed E-state index contributed by atoms with van der Waals surface area (Å²) in [7, 11) is 0. The summed E-state index contributed by atoms with van der Waals surface area (Å²) in [5, 5.41) is 1.17. The van der Waals surface area contributed by atoms with E-state index < -0.39 is 0 Å². The summed E-state index contributed by atoms with van der Waals surface area (Å²) in [6.07, 6.45) is 5.18. The molecule has 1 aromatic heterocycles. The summed E-state index contributed by atoms with van der Waals surface area (Å²) in [5.41, 5.74) is 1.23. The van der Waals surface area contributed by atoms with E-state index in [1.807, 2.05) is 34.6 Å². The average Bonchev–Trinajstić information content (AvgIpc) is 2.60. The van der Waals surface area contributed by atoms with Crippen molar-refractivity contribution in [1.82, 2.24) is 4.98 Å². The lowest BCUT2D eigenvalue weighted by atomic mass is 10.3. The predicted octanol–water partition coefficient (Wildman–Crippen LogP) is 4.93. The van der Waals surface area contributed by atoms with Crippen molar-refractivity contribution in [3.8, 4) is 0 Å². The highest BCUT2D eigenvalue weighted by Gasteiger charge is 2.01. The van der Waals surface area contributed by atoms with Crippen LogP contribution in [0.3, 0.4) is 0 Å². The molecule has 0 bridgehead atoms. The van der Waals surface area contributed by atoms with Gasteiger partial charge in [-0.15, -0.1) is 11.3 Å². The molecule has 1 nitrogen and oxygen atoms in total. The molecule has 0 aliphatic rings. The van der Waals surface area contributed by atoms with Crippen LogP contribution in [0.15, 0.2) is 12.2 Å². The average molecular weight is 227 g/mol. The summed E-state index contributed by atoms with van der Waals surface area (Å²) in [6, 6.07) is 0. The van der Waals surface area contributed by atoms with Crippen LogP contribution in [0.2, 0.25) is 0 Å². The molecule has 15 heavy (non-hydrogen) atoms. The molecule has 1 heterocycles. The van der Waals surface area contributed by atoms with Crippen LogP contribution in [0.25, 0.3) is 0 Å². The van der Waals surface area contributed by atoms with E-state index in [9.17, 15) is 0 Å². The topological polar surface area (TPSA) is 12.9 Å². The molecule has 2 heteroatoms. The van der Waals surface area contributed by atoms with Gasteiger partial charge in [-0.25, -0.2) is 4.98 Å². The van der Waals surface area contributed by atoms with Crippen LogP contribution in [0.5, 0.6) is 0 Å². The van der Waals surface area contributed by atoms with Gasteiger partial charge in [-0.3, -0.25) is 0 Å². The van der Waals surface area contributed by atoms with Crippen molar-refractivity contribution < 1.29 is 0 Å². The van der Waals surface area contributed by atoms with E-state index in [0.29, 0.717) is 0 Å². The molecule has 0 aliphatic carbocycles. The Labute approximate surface area is 99.3 Å². The van der Waals surface area contributed by atoms with E-state index in [1.165, 1.54) is 15.6 Å². The molecule has 0 unspecified atom stereocenters. The molecule has 0 saturated carbocycles. The van der Waals surface area contributed by atoms with Gasteiger partial charge in [0, 0.05) is 11.3 Å². The van der Waals surface area contributed by atoms with Crippen LogP contribution in [0.1, 0.15) is 50.2 Å². The number of rotatable bonds is 2. The Morgan fingerprint density at radius 3 is 2.00 bits per heavy atom. The fourth-order valence-corrected chi connectivity index (χ4v) is 1.84. The quantitative estimate of drug-likeness (QED) is 0.653. The van der Waals surface area contributed by atoms with Gasteiger partial charge in [0.25, 0.3) is 0 Å². The maximum absolute atomic E-state index is 4.42. The number of hydrogen-bond acceptors (Lipinski definition) is 2. The lowest BCUT2D eigenvalue weighted by molar-refractivity contribution is 1.10. The second kappa shape index (κ2) is 11.4. The third kappa shape index (κ3) is 7.32. The van der Waals surface area contributed by atoms with E-state index in [1.54, 1.807) is 11.3 Å². The first-order valence-electron chi connectivity index (χ1n) is 5.78. The third-order valence-electron chi connectivity index (χ3n) is 1.55. The van der Waals surface area contributed by atoms with Crippen molar-refractivity contribution in [2.45, 2.75) is 54.9 Å². The fraction of sp³-hybridized carbons (Fsp3) is 0.615. The normalized spacial score (nSPS) is 9.00. The molecule has 88 valence electrons. The van der Waals surface area contributed by atoms with Crippen molar-refractivity contribution in [3.63, 3.8) is 0 Å². The number of nitrogens with zero attached hydrogens (tertiary/aromatic N) is 1. The van der Waals surface area contributed by atoms with Gasteiger partial charge < -0.3 is 0 Å². The molecule has 0 aromatic carbocycles. The van der Waals surface area contributed by atoms with Crippen LogP contribution >= 0.6 is 11.3 Å². The molecule has 1 rings (SSSR count). The van der Waals surface area contributed by atoms with Gasteiger partial charge in [-0.1, -0.05) is 39.8 Å². The number of aryl methyl sites for hydroxylation is 2. The number of allylic oxidation sites excluding steroid dienone is 2. The molecule has 0 radical (unpaired) electrons. The SMILES string of the molecule is C/C=C\Cc1nc(C)sc1C.CC.CC. The Balaban J connectivity index is 0. The maximum atomic E-state index is 4.42. The third-order valence-corrected chi connectivity index (χ3v) is 2.48. The zero-order chi connectivity index (χ0) is 12.3. The van der Waals surface area contributed by atoms with Gasteiger partial charge >= 0.3 is 0 Å². The monoisotopic (exact) mass is 227 g/mol. The summed E-state index contributed by atoms with van der Waals surface area (Å²) in [5.74, 6) is 0. The largest absolute Gasteiger partial charge is 0.246 e. The maximum Gasteiger partial charge on any atom is 0.0900 e. The second-order valence-electron chi connectivity index (χ2n) is 2.51. The second-order valence-corrected chi connectivity index (χ2v) is 3.92. The standard InChI is InChI=1S/C9H13NS.2C2H6/c1-4-5-6-9-7(2)11-8(3)10-9;2*1-2/h4-5H,6H2,1-3H3;2*1-2H3/b5-4-;;. The van der Waals surface area contributed by atoms with Crippen molar-refractivity contribution in [2.24, 2.45) is 0 Å². The Bertz CT molecular complexity index is 261. The highest BCUT2D eigenvalue weighted by Crippen LogP contribution is 2.16. The van der Waals surface area contributed by atoms with E-state index in [2.05, 4.69) is 31.0 Å². The highest BCUT2D eigenvalue weighted by atomic mass is 32.1. The van der Waals surface area contributed by atoms with E-state index >= 15 is 0 Å². The molecule has 0 fully saturated rings. The molecular formula is C13H25NS. The Hall–Kier alpha value is -0.630. The van der Waals surface area contributed by atoms with Crippen LogP contribution in [-0.2, 0) is 6.42 Å². The van der Waals surface area contributed by atoms with Crippen molar-refractivity contribution in [2.75, 3.05) is 0 Å². The molecule has 0 saturated heterocycles. The summed E-state index contributed by atoms with van der Waals surface area (Å²) in [6.45, 7) is 14.2. The first-order chi connectivity index (χ1) is 7.24. The van der Waals surface area contributed by atoms with Gasteiger partial charge in [0.1, 0.15) is 0 Å².